The van der Waals surface area contributed by atoms with E-state index in [0.717, 1.165) is 37.1 Å². The normalized spacial score (nSPS) is 18.9. The van der Waals surface area contributed by atoms with Gasteiger partial charge >= 0.3 is 12.1 Å². The number of nitrogens with zero attached hydrogens (tertiary/aromatic N) is 3. The van der Waals surface area contributed by atoms with Gasteiger partial charge in [0.1, 0.15) is 5.60 Å². The van der Waals surface area contributed by atoms with Crippen LogP contribution in [0.25, 0.3) is 0 Å². The van der Waals surface area contributed by atoms with E-state index in [1.54, 1.807) is 18.5 Å². The number of amides is 1. The summed E-state index contributed by atoms with van der Waals surface area (Å²) in [6.45, 7) is 7.49. The molecule has 1 fully saturated rings. The summed E-state index contributed by atoms with van der Waals surface area (Å²) in [6.07, 6.45) is 8.27. The molecule has 1 aliphatic carbocycles. The second kappa shape index (κ2) is 9.36. The summed E-state index contributed by atoms with van der Waals surface area (Å²) in [5.41, 5.74) is 2.13. The van der Waals surface area contributed by atoms with Crippen LogP contribution >= 0.6 is 0 Å². The first-order valence-corrected chi connectivity index (χ1v) is 10.5. The zero-order valence-corrected chi connectivity index (χ0v) is 18.8. The van der Waals surface area contributed by atoms with Crippen molar-refractivity contribution in [2.24, 2.45) is 0 Å². The van der Waals surface area contributed by atoms with E-state index in [9.17, 15) is 9.59 Å². The lowest BCUT2D eigenvalue weighted by molar-refractivity contribution is 0.0486. The van der Waals surface area contributed by atoms with E-state index >= 15 is 0 Å². The lowest BCUT2D eigenvalue weighted by Gasteiger charge is -2.30. The predicted molar refractivity (Wildman–Crippen MR) is 116 cm³/mol. The summed E-state index contributed by atoms with van der Waals surface area (Å²) in [7, 11) is 1.35. The summed E-state index contributed by atoms with van der Waals surface area (Å²) < 4.78 is 12.2. The van der Waals surface area contributed by atoms with Crippen LogP contribution in [0.4, 0.5) is 16.2 Å². The molecule has 0 aliphatic heterocycles. The highest BCUT2D eigenvalue weighted by Crippen LogP contribution is 2.31. The number of pyridine rings is 1. The summed E-state index contributed by atoms with van der Waals surface area (Å²) in [5, 5.41) is 10.9. The average Bonchev–Trinajstić information content (AvgIpc) is 3.07. The molecule has 2 aromatic heterocycles. The Balaban J connectivity index is 1.61. The molecule has 1 amide bonds. The number of hydrogen-bond acceptors (Lipinski definition) is 7. The molecule has 31 heavy (non-hydrogen) atoms. The molecule has 2 N–H and O–H groups in total. The molecule has 168 valence electrons. The molecule has 0 atom stereocenters. The number of ether oxygens (including phenoxy) is 2. The Bertz CT molecular complexity index is 926. The molecule has 9 heteroatoms. The zero-order chi connectivity index (χ0) is 22.6. The van der Waals surface area contributed by atoms with Crippen LogP contribution < -0.4 is 10.6 Å². The van der Waals surface area contributed by atoms with E-state index < -0.39 is 11.6 Å². The maximum absolute atomic E-state index is 12.0. The molecule has 0 spiro atoms. The van der Waals surface area contributed by atoms with Crippen molar-refractivity contribution in [3.05, 3.63) is 35.9 Å². The van der Waals surface area contributed by atoms with Crippen molar-refractivity contribution < 1.29 is 19.1 Å². The first-order valence-electron chi connectivity index (χ1n) is 10.5. The molecule has 2 aromatic rings. The van der Waals surface area contributed by atoms with Crippen LogP contribution in [0, 0.1) is 6.92 Å². The Hall–Kier alpha value is -3.10. The fourth-order valence-electron chi connectivity index (χ4n) is 3.68. The highest BCUT2D eigenvalue weighted by molar-refractivity contribution is 5.96. The molecule has 1 aliphatic rings. The molecule has 0 aromatic carbocycles. The minimum atomic E-state index is -0.501. The van der Waals surface area contributed by atoms with Gasteiger partial charge in [-0.25, -0.2) is 9.59 Å². The fraction of sp³-hybridized carbons (Fsp3) is 0.545. The quantitative estimate of drug-likeness (QED) is 0.688. The van der Waals surface area contributed by atoms with Gasteiger partial charge in [0.25, 0.3) is 0 Å². The third kappa shape index (κ3) is 5.96. The summed E-state index contributed by atoms with van der Waals surface area (Å²) in [6, 6.07) is 1.98. The van der Waals surface area contributed by atoms with Gasteiger partial charge in [-0.1, -0.05) is 0 Å². The zero-order valence-electron chi connectivity index (χ0n) is 18.8. The number of nitrogens with one attached hydrogen (secondary N) is 2. The lowest BCUT2D eigenvalue weighted by Crippen LogP contribution is -2.41. The van der Waals surface area contributed by atoms with Crippen LogP contribution in [-0.2, 0) is 9.47 Å². The molecule has 1 saturated carbocycles. The van der Waals surface area contributed by atoms with Crippen molar-refractivity contribution in [1.82, 2.24) is 20.1 Å². The first kappa shape index (κ1) is 22.6. The Morgan fingerprint density at radius 2 is 1.87 bits per heavy atom. The number of hydrogen-bond donors (Lipinski definition) is 2. The van der Waals surface area contributed by atoms with Gasteiger partial charge in [0.15, 0.2) is 0 Å². The van der Waals surface area contributed by atoms with E-state index in [4.69, 9.17) is 9.47 Å². The van der Waals surface area contributed by atoms with Crippen LogP contribution in [-0.4, -0.2) is 45.6 Å². The summed E-state index contributed by atoms with van der Waals surface area (Å²) in [5.74, 6) is -0.425. The summed E-state index contributed by atoms with van der Waals surface area (Å²) >= 11 is 0. The van der Waals surface area contributed by atoms with Gasteiger partial charge in [-0.3, -0.25) is 9.67 Å². The van der Waals surface area contributed by atoms with Crippen molar-refractivity contribution in [1.29, 1.82) is 0 Å². The minimum absolute atomic E-state index is 0.110. The number of aromatic nitrogens is 3. The highest BCUT2D eigenvalue weighted by atomic mass is 16.6. The number of carbonyl (C=O) groups is 2. The van der Waals surface area contributed by atoms with Gasteiger partial charge in [0.05, 0.1) is 42.0 Å². The molecular weight excluding hydrogens is 398 g/mol. The third-order valence-corrected chi connectivity index (χ3v) is 5.20. The Morgan fingerprint density at radius 1 is 1.16 bits per heavy atom. The van der Waals surface area contributed by atoms with Crippen LogP contribution in [0.1, 0.15) is 68.5 Å². The maximum Gasteiger partial charge on any atom is 0.407 e. The highest BCUT2D eigenvalue weighted by Gasteiger charge is 2.26. The number of rotatable bonds is 5. The number of aryl methyl sites for hydroxylation is 1. The molecular formula is C22H31N5O4. The van der Waals surface area contributed by atoms with E-state index in [2.05, 4.69) is 20.7 Å². The second-order valence-electron chi connectivity index (χ2n) is 8.80. The SMILES string of the molecule is COC(=O)c1ccncc1Nc1cn([C@H]2CC[C@@H](NC(=O)OC(C)(C)C)CC2)nc1C. The van der Waals surface area contributed by atoms with E-state index in [1.807, 2.05) is 38.6 Å². The Morgan fingerprint density at radius 3 is 2.52 bits per heavy atom. The van der Waals surface area contributed by atoms with Gasteiger partial charge in [0, 0.05) is 18.4 Å². The van der Waals surface area contributed by atoms with Crippen molar-refractivity contribution >= 4 is 23.4 Å². The number of esters is 1. The molecule has 9 nitrogen and oxygen atoms in total. The number of carbonyl (C=O) groups excluding carboxylic acids is 2. The average molecular weight is 430 g/mol. The number of anilines is 2. The Labute approximate surface area is 182 Å². The lowest BCUT2D eigenvalue weighted by atomic mass is 9.91. The summed E-state index contributed by atoms with van der Waals surface area (Å²) in [4.78, 5) is 28.1. The monoisotopic (exact) mass is 429 g/mol. The first-order chi connectivity index (χ1) is 14.7. The predicted octanol–water partition coefficient (Wildman–Crippen LogP) is 4.13. The third-order valence-electron chi connectivity index (χ3n) is 5.20. The molecule has 3 rings (SSSR count). The van der Waals surface area contributed by atoms with Gasteiger partial charge in [0.2, 0.25) is 0 Å². The van der Waals surface area contributed by atoms with Crippen molar-refractivity contribution in [3.8, 4) is 0 Å². The van der Waals surface area contributed by atoms with Crippen LogP contribution in [0.3, 0.4) is 0 Å². The van der Waals surface area contributed by atoms with Crippen molar-refractivity contribution in [2.45, 2.75) is 71.1 Å². The fourth-order valence-corrected chi connectivity index (χ4v) is 3.68. The van der Waals surface area contributed by atoms with Crippen LogP contribution in [0.5, 0.6) is 0 Å². The topological polar surface area (TPSA) is 107 Å². The molecule has 0 saturated heterocycles. The van der Waals surface area contributed by atoms with Gasteiger partial charge in [-0.2, -0.15) is 5.10 Å². The smallest absolute Gasteiger partial charge is 0.407 e. The minimum Gasteiger partial charge on any atom is -0.465 e. The van der Waals surface area contributed by atoms with Gasteiger partial charge in [-0.05, 0) is 59.4 Å². The number of alkyl carbamates (subject to hydrolysis) is 1. The standard InChI is InChI=1S/C22H31N5O4/c1-14-19(25-18-12-23-11-10-17(18)20(28)30-5)13-27(26-14)16-8-6-15(7-9-16)24-21(29)31-22(2,3)4/h10-13,15-16,25H,6-9H2,1-5H3,(H,24,29)/t15-,16+. The van der Waals surface area contributed by atoms with Gasteiger partial charge in [-0.15, -0.1) is 0 Å². The largest absolute Gasteiger partial charge is 0.465 e. The molecule has 0 bridgehead atoms. The van der Waals surface area contributed by atoms with Crippen molar-refractivity contribution in [3.63, 3.8) is 0 Å². The van der Waals surface area contributed by atoms with Crippen molar-refractivity contribution in [2.75, 3.05) is 12.4 Å². The van der Waals surface area contributed by atoms with E-state index in [-0.39, 0.29) is 18.2 Å². The van der Waals surface area contributed by atoms with Gasteiger partial charge < -0.3 is 20.1 Å². The Kier molecular flexibility index (Phi) is 6.82. The molecule has 0 radical (unpaired) electrons. The van der Waals surface area contributed by atoms with Crippen LogP contribution in [0.15, 0.2) is 24.7 Å². The van der Waals surface area contributed by atoms with Crippen LogP contribution in [0.2, 0.25) is 0 Å². The van der Waals surface area contributed by atoms with E-state index in [0.29, 0.717) is 11.3 Å². The number of methoxy groups -OCH3 is 1. The van der Waals surface area contributed by atoms with E-state index in [1.165, 1.54) is 7.11 Å². The molecule has 2 heterocycles. The molecule has 0 unspecified atom stereocenters. The second-order valence-corrected chi connectivity index (χ2v) is 8.80. The maximum atomic E-state index is 12.0.